The number of hydrogen-bond donors (Lipinski definition) is 4. The molecule has 88 valence electrons. The molecule has 5 N–H and O–H groups in total. The molecule has 2 atom stereocenters. The maximum atomic E-state index is 10.7. The zero-order chi connectivity index (χ0) is 12.5. The van der Waals surface area contributed by atoms with Crippen LogP contribution < -0.4 is 5.73 Å². The number of carbonyl (C=O) groups excluding carboxylic acids is 1. The number of carbonyl (C=O) groups is 1. The number of phenolic OH excluding ortho intramolecular Hbond substituents is 1. The standard InChI is InChI=1S/C9H9Br2NO4/c10-3-1-4(6(13)5(11)2-3)7(14)8(15)9(12)16/h1-2,7-8,13-15H,(H2,12,16). The minimum atomic E-state index is -1.77. The van der Waals surface area contributed by atoms with Crippen molar-refractivity contribution < 1.29 is 20.1 Å². The van der Waals surface area contributed by atoms with Crippen molar-refractivity contribution in [3.05, 3.63) is 26.6 Å². The predicted molar refractivity (Wildman–Crippen MR) is 63.7 cm³/mol. The van der Waals surface area contributed by atoms with Crippen LogP contribution in [0.5, 0.6) is 5.75 Å². The highest BCUT2D eigenvalue weighted by Gasteiger charge is 2.26. The molecule has 1 amide bonds. The molecule has 0 aliphatic heterocycles. The van der Waals surface area contributed by atoms with Crippen LogP contribution in [0.1, 0.15) is 11.7 Å². The molecule has 0 radical (unpaired) electrons. The number of amides is 1. The summed E-state index contributed by atoms with van der Waals surface area (Å²) in [5, 5.41) is 28.6. The molecular weight excluding hydrogens is 346 g/mol. The largest absolute Gasteiger partial charge is 0.506 e. The number of primary amides is 1. The van der Waals surface area contributed by atoms with Crippen molar-refractivity contribution in [1.82, 2.24) is 0 Å². The summed E-state index contributed by atoms with van der Waals surface area (Å²) in [6.45, 7) is 0. The third kappa shape index (κ3) is 2.73. The highest BCUT2D eigenvalue weighted by Crippen LogP contribution is 2.36. The summed E-state index contributed by atoms with van der Waals surface area (Å²) < 4.78 is 0.899. The molecule has 1 rings (SSSR count). The van der Waals surface area contributed by atoms with E-state index in [4.69, 9.17) is 5.73 Å². The van der Waals surface area contributed by atoms with E-state index in [1.165, 1.54) is 6.07 Å². The van der Waals surface area contributed by atoms with Gasteiger partial charge in [-0.2, -0.15) is 0 Å². The van der Waals surface area contributed by atoms with Gasteiger partial charge in [-0.3, -0.25) is 4.79 Å². The Hall–Kier alpha value is -0.630. The Morgan fingerprint density at radius 2 is 1.88 bits per heavy atom. The van der Waals surface area contributed by atoms with Crippen LogP contribution in [0.2, 0.25) is 0 Å². The number of aromatic hydroxyl groups is 1. The van der Waals surface area contributed by atoms with Crippen LogP contribution in [0.3, 0.4) is 0 Å². The van der Waals surface area contributed by atoms with E-state index in [-0.39, 0.29) is 11.3 Å². The number of aliphatic hydroxyl groups excluding tert-OH is 2. The van der Waals surface area contributed by atoms with Crippen molar-refractivity contribution in [3.8, 4) is 5.75 Å². The minimum Gasteiger partial charge on any atom is -0.506 e. The number of phenols is 1. The van der Waals surface area contributed by atoms with Gasteiger partial charge in [0.05, 0.1) is 4.47 Å². The van der Waals surface area contributed by atoms with Gasteiger partial charge in [-0.15, -0.1) is 0 Å². The Balaban J connectivity index is 3.17. The van der Waals surface area contributed by atoms with Crippen LogP contribution in [0, 0.1) is 0 Å². The second-order valence-corrected chi connectivity index (χ2v) is 4.89. The summed E-state index contributed by atoms with van der Waals surface area (Å²) in [7, 11) is 0. The van der Waals surface area contributed by atoms with Gasteiger partial charge in [0.2, 0.25) is 5.91 Å². The van der Waals surface area contributed by atoms with Gasteiger partial charge in [-0.25, -0.2) is 0 Å². The number of nitrogens with two attached hydrogens (primary N) is 1. The van der Waals surface area contributed by atoms with E-state index >= 15 is 0 Å². The minimum absolute atomic E-state index is 0.00699. The fourth-order valence-corrected chi connectivity index (χ4v) is 2.40. The lowest BCUT2D eigenvalue weighted by Gasteiger charge is -2.17. The molecular formula is C9H9Br2NO4. The number of aliphatic hydroxyl groups is 2. The molecule has 0 heterocycles. The number of benzene rings is 1. The Morgan fingerprint density at radius 1 is 1.31 bits per heavy atom. The molecule has 0 aliphatic rings. The lowest BCUT2D eigenvalue weighted by atomic mass is 10.0. The van der Waals surface area contributed by atoms with Gasteiger partial charge >= 0.3 is 0 Å². The van der Waals surface area contributed by atoms with E-state index in [1.54, 1.807) is 6.07 Å². The average molecular weight is 355 g/mol. The van der Waals surface area contributed by atoms with Crippen LogP contribution >= 0.6 is 31.9 Å². The maximum absolute atomic E-state index is 10.7. The summed E-state index contributed by atoms with van der Waals surface area (Å²) in [5.41, 5.74) is 4.85. The van der Waals surface area contributed by atoms with Gasteiger partial charge in [0.25, 0.3) is 0 Å². The highest BCUT2D eigenvalue weighted by atomic mass is 79.9. The summed E-state index contributed by atoms with van der Waals surface area (Å²) in [5.74, 6) is -1.32. The molecule has 1 aromatic carbocycles. The number of rotatable bonds is 3. The molecule has 0 saturated carbocycles. The number of hydrogen-bond acceptors (Lipinski definition) is 4. The molecule has 1 aromatic rings. The first-order chi connectivity index (χ1) is 7.34. The van der Waals surface area contributed by atoms with Crippen LogP contribution in [0.25, 0.3) is 0 Å². The van der Waals surface area contributed by atoms with Crippen molar-refractivity contribution in [2.75, 3.05) is 0 Å². The van der Waals surface area contributed by atoms with Crippen molar-refractivity contribution >= 4 is 37.8 Å². The van der Waals surface area contributed by atoms with Gasteiger partial charge in [0.1, 0.15) is 11.9 Å². The van der Waals surface area contributed by atoms with Gasteiger partial charge in [0, 0.05) is 10.0 Å². The van der Waals surface area contributed by atoms with Crippen molar-refractivity contribution in [2.24, 2.45) is 5.73 Å². The van der Waals surface area contributed by atoms with Crippen LogP contribution in [0.15, 0.2) is 21.1 Å². The van der Waals surface area contributed by atoms with E-state index in [2.05, 4.69) is 31.9 Å². The van der Waals surface area contributed by atoms with E-state index in [0.29, 0.717) is 8.95 Å². The maximum Gasteiger partial charge on any atom is 0.249 e. The predicted octanol–water partition coefficient (Wildman–Crippen LogP) is 0.797. The summed E-state index contributed by atoms with van der Waals surface area (Å²) in [6, 6.07) is 2.94. The summed E-state index contributed by atoms with van der Waals surface area (Å²) >= 11 is 6.21. The third-order valence-electron chi connectivity index (χ3n) is 1.97. The highest BCUT2D eigenvalue weighted by molar-refractivity contribution is 9.11. The smallest absolute Gasteiger partial charge is 0.249 e. The molecule has 2 unspecified atom stereocenters. The first kappa shape index (κ1) is 13.4. The van der Waals surface area contributed by atoms with Crippen LogP contribution in [-0.2, 0) is 4.79 Å². The zero-order valence-electron chi connectivity index (χ0n) is 7.89. The van der Waals surface area contributed by atoms with Crippen LogP contribution in [0.4, 0.5) is 0 Å². The molecule has 5 nitrogen and oxygen atoms in total. The van der Waals surface area contributed by atoms with Crippen LogP contribution in [-0.4, -0.2) is 27.3 Å². The molecule has 7 heteroatoms. The Bertz CT molecular complexity index is 424. The molecule has 0 spiro atoms. The fraction of sp³-hybridized carbons (Fsp3) is 0.222. The Morgan fingerprint density at radius 3 is 2.38 bits per heavy atom. The normalized spacial score (nSPS) is 14.5. The van der Waals surface area contributed by atoms with Crippen molar-refractivity contribution in [3.63, 3.8) is 0 Å². The quantitative estimate of drug-likeness (QED) is 0.644. The van der Waals surface area contributed by atoms with E-state index in [0.717, 1.165) is 0 Å². The van der Waals surface area contributed by atoms with Gasteiger partial charge < -0.3 is 21.1 Å². The van der Waals surface area contributed by atoms with Gasteiger partial charge in [-0.1, -0.05) is 15.9 Å². The van der Waals surface area contributed by atoms with Gasteiger partial charge in [-0.05, 0) is 28.1 Å². The Kier molecular flexibility index (Phi) is 4.31. The monoisotopic (exact) mass is 353 g/mol. The third-order valence-corrected chi connectivity index (χ3v) is 3.03. The molecule has 16 heavy (non-hydrogen) atoms. The average Bonchev–Trinajstić information content (AvgIpc) is 2.21. The lowest BCUT2D eigenvalue weighted by Crippen LogP contribution is -2.33. The second-order valence-electron chi connectivity index (χ2n) is 3.12. The second kappa shape index (κ2) is 5.13. The summed E-state index contributed by atoms with van der Waals surface area (Å²) in [4.78, 5) is 10.7. The van der Waals surface area contributed by atoms with E-state index < -0.39 is 18.1 Å². The van der Waals surface area contributed by atoms with Crippen molar-refractivity contribution in [2.45, 2.75) is 12.2 Å². The first-order valence-corrected chi connectivity index (χ1v) is 5.76. The first-order valence-electron chi connectivity index (χ1n) is 4.18. The molecule has 0 bridgehead atoms. The molecule has 0 aromatic heterocycles. The zero-order valence-corrected chi connectivity index (χ0v) is 11.1. The fourth-order valence-electron chi connectivity index (χ4n) is 1.14. The molecule has 0 aliphatic carbocycles. The van der Waals surface area contributed by atoms with Crippen molar-refractivity contribution in [1.29, 1.82) is 0 Å². The number of halogens is 2. The molecule has 0 saturated heterocycles. The SMILES string of the molecule is NC(=O)C(O)C(O)c1cc(Br)cc(Br)c1O. The van der Waals surface area contributed by atoms with E-state index in [1.807, 2.05) is 0 Å². The van der Waals surface area contributed by atoms with E-state index in [9.17, 15) is 20.1 Å². The van der Waals surface area contributed by atoms with Gasteiger partial charge in [0.15, 0.2) is 6.10 Å². The Labute approximate surface area is 108 Å². The molecule has 0 fully saturated rings. The summed E-state index contributed by atoms with van der Waals surface area (Å²) in [6.07, 6.45) is -3.35. The lowest BCUT2D eigenvalue weighted by molar-refractivity contribution is -0.132. The topological polar surface area (TPSA) is 104 Å².